The number of carbonyl (C=O) groups excluding carboxylic acids is 1. The van der Waals surface area contributed by atoms with Crippen molar-refractivity contribution in [2.24, 2.45) is 0 Å². The number of hydrogen-bond donors (Lipinski definition) is 1. The number of aromatic amines is 1. The molecule has 1 aliphatic heterocycles. The third-order valence-electron chi connectivity index (χ3n) is 4.90. The predicted molar refractivity (Wildman–Crippen MR) is 102 cm³/mol. The molecule has 0 radical (unpaired) electrons. The number of nitrogens with zero attached hydrogens (tertiary/aromatic N) is 4. The van der Waals surface area contributed by atoms with E-state index >= 15 is 0 Å². The Hall–Kier alpha value is -3.43. The molecule has 152 valence electrons. The molecule has 0 spiro atoms. The largest absolute Gasteiger partial charge is 0.486 e. The first-order chi connectivity index (χ1) is 13.9. The number of aromatic nitrogens is 4. The minimum Gasteiger partial charge on any atom is -0.486 e. The first kappa shape index (κ1) is 18.9. The van der Waals surface area contributed by atoms with Gasteiger partial charge in [0.25, 0.3) is 5.56 Å². The van der Waals surface area contributed by atoms with E-state index in [2.05, 4.69) is 15.1 Å². The number of anilines is 1. The van der Waals surface area contributed by atoms with Gasteiger partial charge in [0.05, 0.1) is 31.1 Å². The van der Waals surface area contributed by atoms with E-state index in [9.17, 15) is 14.0 Å². The maximum Gasteiger partial charge on any atom is 0.343 e. The summed E-state index contributed by atoms with van der Waals surface area (Å²) in [7, 11) is 0. The summed E-state index contributed by atoms with van der Waals surface area (Å²) in [5.74, 6) is -0.162. The molecule has 3 aromatic heterocycles. The van der Waals surface area contributed by atoms with Gasteiger partial charge < -0.3 is 19.4 Å². The van der Waals surface area contributed by atoms with E-state index in [0.29, 0.717) is 23.8 Å². The lowest BCUT2D eigenvalue weighted by molar-refractivity contribution is 0.0528. The fourth-order valence-electron chi connectivity index (χ4n) is 3.52. The number of nitrogens with one attached hydrogen (secondary N) is 1. The van der Waals surface area contributed by atoms with Crippen molar-refractivity contribution in [2.75, 3.05) is 18.1 Å². The van der Waals surface area contributed by atoms with Crippen LogP contribution in [0.1, 0.15) is 42.7 Å². The standard InChI is InChI=1S/C19H20FN5O4/c1-4-28-19(27)14-7-22-24-8-15-17(23-16(14)24)25(10(2)9-29-15)11(3)13-5-12(20)6-21-18(13)26/h5-8,10-11H,4,9H2,1-3H3,(H,21,26)/t10-,11+/m1/s1. The van der Waals surface area contributed by atoms with E-state index in [-0.39, 0.29) is 29.3 Å². The number of halogens is 1. The number of ether oxygens (including phenoxy) is 2. The predicted octanol–water partition coefficient (Wildman–Crippen LogP) is 2.08. The Morgan fingerprint density at radius 1 is 1.52 bits per heavy atom. The lowest BCUT2D eigenvalue weighted by atomic mass is 10.1. The third-order valence-corrected chi connectivity index (χ3v) is 4.90. The summed E-state index contributed by atoms with van der Waals surface area (Å²) in [6.45, 7) is 6.01. The lowest BCUT2D eigenvalue weighted by Gasteiger charge is -2.39. The third kappa shape index (κ3) is 3.20. The van der Waals surface area contributed by atoms with E-state index in [1.807, 2.05) is 11.8 Å². The highest BCUT2D eigenvalue weighted by Gasteiger charge is 2.33. The van der Waals surface area contributed by atoms with Gasteiger partial charge in [0.2, 0.25) is 0 Å². The summed E-state index contributed by atoms with van der Waals surface area (Å²) >= 11 is 0. The van der Waals surface area contributed by atoms with Gasteiger partial charge in [0.15, 0.2) is 17.2 Å². The second-order valence-corrected chi connectivity index (χ2v) is 6.82. The van der Waals surface area contributed by atoms with Crippen LogP contribution in [0, 0.1) is 5.82 Å². The van der Waals surface area contributed by atoms with Gasteiger partial charge in [-0.15, -0.1) is 0 Å². The molecule has 9 nitrogen and oxygen atoms in total. The molecule has 1 aliphatic rings. The summed E-state index contributed by atoms with van der Waals surface area (Å²) < 4.78 is 26.1. The Kier molecular flexibility index (Phi) is 4.69. The van der Waals surface area contributed by atoms with E-state index in [4.69, 9.17) is 9.47 Å². The second-order valence-electron chi connectivity index (χ2n) is 6.82. The number of pyridine rings is 1. The zero-order valence-electron chi connectivity index (χ0n) is 16.2. The van der Waals surface area contributed by atoms with Crippen LogP contribution < -0.4 is 15.2 Å². The van der Waals surface area contributed by atoms with Gasteiger partial charge in [-0.05, 0) is 26.8 Å². The fraction of sp³-hybridized carbons (Fsp3) is 0.368. The number of H-pyrrole nitrogens is 1. The molecule has 4 rings (SSSR count). The molecule has 3 aromatic rings. The summed E-state index contributed by atoms with van der Waals surface area (Å²) in [6.07, 6.45) is 4.04. The van der Waals surface area contributed by atoms with E-state index in [1.54, 1.807) is 20.0 Å². The first-order valence-electron chi connectivity index (χ1n) is 9.25. The van der Waals surface area contributed by atoms with Crippen molar-refractivity contribution < 1.29 is 18.7 Å². The molecular weight excluding hydrogens is 381 g/mol. The van der Waals surface area contributed by atoms with Crippen LogP contribution in [0.25, 0.3) is 5.65 Å². The Morgan fingerprint density at radius 2 is 2.31 bits per heavy atom. The summed E-state index contributed by atoms with van der Waals surface area (Å²) in [6, 6.07) is 0.576. The van der Waals surface area contributed by atoms with Gasteiger partial charge in [-0.25, -0.2) is 18.7 Å². The second kappa shape index (κ2) is 7.19. The van der Waals surface area contributed by atoms with Crippen molar-refractivity contribution in [1.82, 2.24) is 19.6 Å². The van der Waals surface area contributed by atoms with Crippen LogP contribution >= 0.6 is 0 Å². The van der Waals surface area contributed by atoms with Crippen LogP contribution in [0.3, 0.4) is 0 Å². The van der Waals surface area contributed by atoms with Crippen molar-refractivity contribution in [3.8, 4) is 5.75 Å². The van der Waals surface area contributed by atoms with Crippen molar-refractivity contribution in [2.45, 2.75) is 32.9 Å². The zero-order valence-corrected chi connectivity index (χ0v) is 16.2. The first-order valence-corrected chi connectivity index (χ1v) is 9.25. The number of esters is 1. The Bertz CT molecular complexity index is 1140. The highest BCUT2D eigenvalue weighted by atomic mass is 19.1. The molecule has 0 aliphatic carbocycles. The van der Waals surface area contributed by atoms with Crippen molar-refractivity contribution in [3.05, 3.63) is 52.0 Å². The normalized spacial score (nSPS) is 17.0. The van der Waals surface area contributed by atoms with Gasteiger partial charge in [0.1, 0.15) is 18.0 Å². The van der Waals surface area contributed by atoms with Crippen molar-refractivity contribution in [1.29, 1.82) is 0 Å². The maximum absolute atomic E-state index is 13.8. The monoisotopic (exact) mass is 401 g/mol. The highest BCUT2D eigenvalue weighted by Crippen LogP contribution is 2.37. The maximum atomic E-state index is 13.8. The molecule has 0 fully saturated rings. The fourth-order valence-corrected chi connectivity index (χ4v) is 3.52. The van der Waals surface area contributed by atoms with Crippen molar-refractivity contribution in [3.63, 3.8) is 0 Å². The molecule has 0 bridgehead atoms. The van der Waals surface area contributed by atoms with Crippen LogP contribution in [-0.2, 0) is 4.74 Å². The minimum atomic E-state index is -0.531. The molecule has 0 amide bonds. The lowest BCUT2D eigenvalue weighted by Crippen LogP contribution is -2.44. The smallest absolute Gasteiger partial charge is 0.343 e. The molecule has 0 saturated heterocycles. The average Bonchev–Trinajstić information content (AvgIpc) is 3.11. The van der Waals surface area contributed by atoms with Crippen LogP contribution in [-0.4, -0.2) is 44.8 Å². The molecule has 10 heteroatoms. The molecule has 0 unspecified atom stereocenters. The SMILES string of the molecule is CCOC(=O)c1cnn2cc3c(nc12)N([C@@H](C)c1cc(F)c[nH]c1=O)[C@H](C)CO3. The molecule has 0 aromatic carbocycles. The van der Waals surface area contributed by atoms with Gasteiger partial charge in [-0.2, -0.15) is 5.10 Å². The molecular formula is C19H20FN5O4. The molecule has 0 saturated carbocycles. The Balaban J connectivity index is 1.84. The minimum absolute atomic E-state index is 0.149. The van der Waals surface area contributed by atoms with E-state index in [0.717, 1.165) is 6.20 Å². The van der Waals surface area contributed by atoms with Crippen molar-refractivity contribution >= 4 is 17.4 Å². The highest BCUT2D eigenvalue weighted by molar-refractivity contribution is 5.95. The topological polar surface area (TPSA) is 102 Å². The van der Waals surface area contributed by atoms with E-state index in [1.165, 1.54) is 16.8 Å². The number of rotatable bonds is 4. The number of fused-ring (bicyclic) bond motifs is 2. The Labute approximate surface area is 165 Å². The summed E-state index contributed by atoms with van der Waals surface area (Å²) in [5.41, 5.74) is 0.427. The summed E-state index contributed by atoms with van der Waals surface area (Å²) in [4.78, 5) is 33.4. The number of hydrogen-bond acceptors (Lipinski definition) is 7. The van der Waals surface area contributed by atoms with Gasteiger partial charge >= 0.3 is 5.97 Å². The van der Waals surface area contributed by atoms with E-state index < -0.39 is 17.8 Å². The van der Waals surface area contributed by atoms with Crippen LogP contribution in [0.5, 0.6) is 5.75 Å². The molecule has 4 heterocycles. The van der Waals surface area contributed by atoms with Crippen LogP contribution in [0.4, 0.5) is 10.2 Å². The average molecular weight is 401 g/mol. The van der Waals surface area contributed by atoms with Gasteiger partial charge in [0, 0.05) is 11.8 Å². The number of carbonyl (C=O) groups is 1. The molecule has 29 heavy (non-hydrogen) atoms. The zero-order chi connectivity index (χ0) is 20.7. The molecule has 1 N–H and O–H groups in total. The van der Waals surface area contributed by atoms with Crippen LogP contribution in [0.15, 0.2) is 29.5 Å². The quantitative estimate of drug-likeness (QED) is 0.668. The van der Waals surface area contributed by atoms with Gasteiger partial charge in [-0.3, -0.25) is 4.79 Å². The molecule has 2 atom stereocenters. The van der Waals surface area contributed by atoms with Gasteiger partial charge in [-0.1, -0.05) is 0 Å². The Morgan fingerprint density at radius 3 is 3.07 bits per heavy atom. The van der Waals surface area contributed by atoms with Crippen LogP contribution in [0.2, 0.25) is 0 Å². The summed E-state index contributed by atoms with van der Waals surface area (Å²) in [5, 5.41) is 4.15.